The molecule has 0 aliphatic heterocycles. The second-order valence-corrected chi connectivity index (χ2v) is 10.3. The van der Waals surface area contributed by atoms with Crippen molar-refractivity contribution in [3.63, 3.8) is 0 Å². The largest absolute Gasteiger partial charge is 0.395 e. The lowest BCUT2D eigenvalue weighted by Crippen LogP contribution is -2.43. The molecular formula is C19H45N3O2Si. The fraction of sp³-hybridized carbons (Fsp3) is 1.00. The Balaban J connectivity index is 4.37. The summed E-state index contributed by atoms with van der Waals surface area (Å²) in [6.45, 7) is 20.3. The number of hydrogen-bond donors (Lipinski definition) is 1. The Morgan fingerprint density at radius 1 is 0.840 bits per heavy atom. The van der Waals surface area contributed by atoms with Gasteiger partial charge in [0.25, 0.3) is 0 Å². The zero-order chi connectivity index (χ0) is 19.0. The van der Waals surface area contributed by atoms with Crippen molar-refractivity contribution < 1.29 is 8.85 Å². The van der Waals surface area contributed by atoms with Crippen LogP contribution in [0.15, 0.2) is 0 Å². The third kappa shape index (κ3) is 13.8. The van der Waals surface area contributed by atoms with Gasteiger partial charge in [0.2, 0.25) is 0 Å². The molecule has 1 N–H and O–H groups in total. The first kappa shape index (κ1) is 25.0. The molecule has 0 bridgehead atoms. The molecule has 0 amide bonds. The summed E-state index contributed by atoms with van der Waals surface area (Å²) in [6.07, 6.45) is 3.65. The summed E-state index contributed by atoms with van der Waals surface area (Å²) in [5, 5.41) is 3.51. The summed E-state index contributed by atoms with van der Waals surface area (Å²) in [4.78, 5) is 5.00. The van der Waals surface area contributed by atoms with E-state index in [1.54, 1.807) is 0 Å². The van der Waals surface area contributed by atoms with Gasteiger partial charge in [-0.2, -0.15) is 0 Å². The standard InChI is InChI=1S/C19H45N3O2Si/c1-7-13-20-14-11-16-22(17-12-15-21(5)8-2)18-19-25(6,23-9-3)24-10-4/h20H,7-19H2,1-6H3. The van der Waals surface area contributed by atoms with Crippen molar-refractivity contribution in [2.45, 2.75) is 59.5 Å². The van der Waals surface area contributed by atoms with Gasteiger partial charge in [-0.25, -0.2) is 0 Å². The predicted molar refractivity (Wildman–Crippen MR) is 112 cm³/mol. The van der Waals surface area contributed by atoms with Crippen LogP contribution in [0.5, 0.6) is 0 Å². The highest BCUT2D eigenvalue weighted by molar-refractivity contribution is 6.66. The number of hydrogen-bond acceptors (Lipinski definition) is 5. The van der Waals surface area contributed by atoms with E-state index in [-0.39, 0.29) is 0 Å². The van der Waals surface area contributed by atoms with Crippen molar-refractivity contribution in [1.29, 1.82) is 0 Å². The van der Waals surface area contributed by atoms with Crippen molar-refractivity contribution in [2.75, 3.05) is 66.1 Å². The summed E-state index contributed by atoms with van der Waals surface area (Å²) in [7, 11) is 0.194. The van der Waals surface area contributed by atoms with Crippen molar-refractivity contribution in [2.24, 2.45) is 0 Å². The number of nitrogens with one attached hydrogen (secondary N) is 1. The third-order valence-corrected chi connectivity index (χ3v) is 7.52. The molecule has 0 aromatic carbocycles. The number of nitrogens with zero attached hydrogens (tertiary/aromatic N) is 2. The maximum absolute atomic E-state index is 6.01. The van der Waals surface area contributed by atoms with Crippen LogP contribution in [0.25, 0.3) is 0 Å². The molecule has 0 rings (SSSR count). The summed E-state index contributed by atoms with van der Waals surface area (Å²) in [6, 6.07) is 1.06. The summed E-state index contributed by atoms with van der Waals surface area (Å²) in [5.74, 6) is 0. The molecule has 6 heteroatoms. The van der Waals surface area contributed by atoms with Gasteiger partial charge in [0.15, 0.2) is 0 Å². The Kier molecular flexibility index (Phi) is 16.2. The van der Waals surface area contributed by atoms with E-state index in [2.05, 4.69) is 56.4 Å². The van der Waals surface area contributed by atoms with Gasteiger partial charge >= 0.3 is 8.56 Å². The van der Waals surface area contributed by atoms with E-state index >= 15 is 0 Å². The van der Waals surface area contributed by atoms with Gasteiger partial charge in [-0.05, 0) is 86.0 Å². The molecule has 0 atom stereocenters. The predicted octanol–water partition coefficient (Wildman–Crippen LogP) is 3.16. The van der Waals surface area contributed by atoms with E-state index in [9.17, 15) is 0 Å². The maximum Gasteiger partial charge on any atom is 0.336 e. The van der Waals surface area contributed by atoms with Gasteiger partial charge in [-0.15, -0.1) is 0 Å². The van der Waals surface area contributed by atoms with E-state index in [0.717, 1.165) is 52.0 Å². The van der Waals surface area contributed by atoms with Gasteiger partial charge in [-0.1, -0.05) is 13.8 Å². The molecule has 0 saturated carbocycles. The lowest BCUT2D eigenvalue weighted by atomic mass is 10.3. The fourth-order valence-corrected chi connectivity index (χ4v) is 5.26. The molecule has 0 fully saturated rings. The molecule has 0 aromatic heterocycles. The zero-order valence-electron chi connectivity index (χ0n) is 17.9. The van der Waals surface area contributed by atoms with Gasteiger partial charge in [-0.3, -0.25) is 0 Å². The quantitative estimate of drug-likeness (QED) is 0.294. The highest BCUT2D eigenvalue weighted by Crippen LogP contribution is 2.15. The zero-order valence-corrected chi connectivity index (χ0v) is 18.9. The molecule has 0 unspecified atom stereocenters. The first-order valence-electron chi connectivity index (χ1n) is 10.4. The normalized spacial score (nSPS) is 12.5. The van der Waals surface area contributed by atoms with Crippen molar-refractivity contribution in [3.05, 3.63) is 0 Å². The molecule has 0 aliphatic carbocycles. The van der Waals surface area contributed by atoms with Crippen LogP contribution in [0.4, 0.5) is 0 Å². The van der Waals surface area contributed by atoms with Crippen LogP contribution in [0.2, 0.25) is 12.6 Å². The second-order valence-electron chi connectivity index (χ2n) is 6.94. The van der Waals surface area contributed by atoms with Crippen molar-refractivity contribution in [1.82, 2.24) is 15.1 Å². The lowest BCUT2D eigenvalue weighted by molar-refractivity contribution is 0.179. The van der Waals surface area contributed by atoms with Crippen LogP contribution in [-0.4, -0.2) is 84.4 Å². The van der Waals surface area contributed by atoms with Crippen molar-refractivity contribution >= 4 is 8.56 Å². The van der Waals surface area contributed by atoms with E-state index < -0.39 is 8.56 Å². The average Bonchev–Trinajstić information content (AvgIpc) is 2.59. The second kappa shape index (κ2) is 16.2. The third-order valence-electron chi connectivity index (χ3n) is 4.59. The minimum atomic E-state index is -2.01. The van der Waals surface area contributed by atoms with Crippen LogP contribution in [0, 0.1) is 0 Å². The molecule has 25 heavy (non-hydrogen) atoms. The lowest BCUT2D eigenvalue weighted by Gasteiger charge is -2.30. The van der Waals surface area contributed by atoms with Crippen LogP contribution >= 0.6 is 0 Å². The topological polar surface area (TPSA) is 37.0 Å². The van der Waals surface area contributed by atoms with Crippen LogP contribution in [0.1, 0.15) is 47.0 Å². The average molecular weight is 376 g/mol. The van der Waals surface area contributed by atoms with E-state index in [4.69, 9.17) is 8.85 Å². The molecule has 0 aliphatic rings. The van der Waals surface area contributed by atoms with E-state index in [0.29, 0.717) is 0 Å². The van der Waals surface area contributed by atoms with Gasteiger partial charge in [0.1, 0.15) is 0 Å². The summed E-state index contributed by atoms with van der Waals surface area (Å²) < 4.78 is 12.0. The molecule has 152 valence electrons. The van der Waals surface area contributed by atoms with Gasteiger partial charge in [0, 0.05) is 25.8 Å². The molecule has 0 radical (unpaired) electrons. The van der Waals surface area contributed by atoms with E-state index in [1.807, 2.05) is 0 Å². The summed E-state index contributed by atoms with van der Waals surface area (Å²) in [5.41, 5.74) is 0. The highest BCUT2D eigenvalue weighted by atomic mass is 28.4. The van der Waals surface area contributed by atoms with Gasteiger partial charge < -0.3 is 24.0 Å². The highest BCUT2D eigenvalue weighted by Gasteiger charge is 2.30. The molecule has 0 saturated heterocycles. The molecule has 0 aromatic rings. The minimum Gasteiger partial charge on any atom is -0.395 e. The molecule has 0 spiro atoms. The van der Waals surface area contributed by atoms with Gasteiger partial charge in [0.05, 0.1) is 0 Å². The Labute approximate surface area is 158 Å². The van der Waals surface area contributed by atoms with Crippen LogP contribution in [-0.2, 0) is 8.85 Å². The van der Waals surface area contributed by atoms with Crippen LogP contribution < -0.4 is 5.32 Å². The Bertz CT molecular complexity index is 290. The molecular weight excluding hydrogens is 330 g/mol. The smallest absolute Gasteiger partial charge is 0.336 e. The first-order valence-corrected chi connectivity index (χ1v) is 12.9. The Hall–Kier alpha value is 0.0169. The van der Waals surface area contributed by atoms with Crippen LogP contribution in [0.3, 0.4) is 0 Å². The maximum atomic E-state index is 6.01. The number of rotatable bonds is 18. The SMILES string of the molecule is CCCNCCCN(CCCN(C)CC)CC[Si](C)(OCC)OCC. The minimum absolute atomic E-state index is 0.755. The fourth-order valence-electron chi connectivity index (χ4n) is 2.95. The first-order chi connectivity index (χ1) is 12.0. The van der Waals surface area contributed by atoms with Crippen molar-refractivity contribution in [3.8, 4) is 0 Å². The Morgan fingerprint density at radius 2 is 1.48 bits per heavy atom. The summed E-state index contributed by atoms with van der Waals surface area (Å²) >= 11 is 0. The molecule has 0 heterocycles. The Morgan fingerprint density at radius 3 is 2.04 bits per heavy atom. The monoisotopic (exact) mass is 375 g/mol. The molecule has 5 nitrogen and oxygen atoms in total. The van der Waals surface area contributed by atoms with E-state index in [1.165, 1.54) is 32.4 Å².